The fourth-order valence-electron chi connectivity index (χ4n) is 1.85. The Morgan fingerprint density at radius 3 is 2.94 bits per heavy atom. The Morgan fingerprint density at radius 1 is 1.47 bits per heavy atom. The van der Waals surface area contributed by atoms with Gasteiger partial charge in [0.25, 0.3) is 0 Å². The van der Waals surface area contributed by atoms with E-state index in [1.165, 1.54) is 12.1 Å². The van der Waals surface area contributed by atoms with Crippen molar-refractivity contribution < 1.29 is 13.9 Å². The van der Waals surface area contributed by atoms with Gasteiger partial charge in [0.2, 0.25) is 0 Å². The molecule has 1 aromatic rings. The normalized spacial score (nSPS) is 22.0. The monoisotopic (exact) mass is 239 g/mol. The topological polar surface area (TPSA) is 44.5 Å². The Labute approximate surface area is 101 Å². The molecule has 3 nitrogen and oxygen atoms in total. The molecule has 1 heterocycles. The minimum Gasteiger partial charge on any atom is -0.486 e. The summed E-state index contributed by atoms with van der Waals surface area (Å²) in [7, 11) is 0. The first-order valence-electron chi connectivity index (χ1n) is 5.88. The van der Waals surface area contributed by atoms with E-state index >= 15 is 0 Å². The van der Waals surface area contributed by atoms with Crippen LogP contribution >= 0.6 is 0 Å². The zero-order valence-corrected chi connectivity index (χ0v) is 10.2. The van der Waals surface area contributed by atoms with Gasteiger partial charge >= 0.3 is 0 Å². The largest absolute Gasteiger partial charge is 0.486 e. The molecule has 2 N–H and O–H groups in total. The Hall–Kier alpha value is -1.29. The molecule has 0 fully saturated rings. The summed E-state index contributed by atoms with van der Waals surface area (Å²) in [6.45, 7) is 4.49. The van der Waals surface area contributed by atoms with Crippen molar-refractivity contribution in [3.63, 3.8) is 0 Å². The quantitative estimate of drug-likeness (QED) is 0.881. The molecule has 0 aliphatic carbocycles. The molecule has 2 unspecified atom stereocenters. The van der Waals surface area contributed by atoms with Crippen molar-refractivity contribution in [3.05, 3.63) is 24.0 Å². The summed E-state index contributed by atoms with van der Waals surface area (Å²) < 4.78 is 24.3. The first kappa shape index (κ1) is 12.2. The van der Waals surface area contributed by atoms with Gasteiger partial charge in [0.05, 0.1) is 0 Å². The van der Waals surface area contributed by atoms with Crippen molar-refractivity contribution in [1.82, 2.24) is 0 Å². The van der Waals surface area contributed by atoms with E-state index in [1.54, 1.807) is 6.07 Å². The van der Waals surface area contributed by atoms with Crippen molar-refractivity contribution in [3.8, 4) is 11.5 Å². The van der Waals surface area contributed by atoms with Gasteiger partial charge < -0.3 is 15.2 Å². The Morgan fingerprint density at radius 2 is 2.24 bits per heavy atom. The van der Waals surface area contributed by atoms with Crippen molar-refractivity contribution >= 4 is 0 Å². The first-order valence-corrected chi connectivity index (χ1v) is 5.88. The van der Waals surface area contributed by atoms with Crippen LogP contribution in [0.25, 0.3) is 0 Å². The van der Waals surface area contributed by atoms with Gasteiger partial charge in [0.15, 0.2) is 11.5 Å². The van der Waals surface area contributed by atoms with Crippen LogP contribution in [0.2, 0.25) is 0 Å². The average molecular weight is 239 g/mol. The summed E-state index contributed by atoms with van der Waals surface area (Å²) in [5.41, 5.74) is 5.81. The Bertz CT molecular complexity index is 406. The summed E-state index contributed by atoms with van der Waals surface area (Å²) in [5.74, 6) is 0.741. The molecule has 17 heavy (non-hydrogen) atoms. The van der Waals surface area contributed by atoms with Crippen LogP contribution < -0.4 is 15.2 Å². The van der Waals surface area contributed by atoms with Crippen molar-refractivity contribution in [2.24, 2.45) is 5.73 Å². The van der Waals surface area contributed by atoms with E-state index in [4.69, 9.17) is 15.2 Å². The minimum absolute atomic E-state index is 0.112. The van der Waals surface area contributed by atoms with Crippen molar-refractivity contribution in [2.75, 3.05) is 6.61 Å². The lowest BCUT2D eigenvalue weighted by atomic mass is 9.93. The molecular formula is C13H18FNO2. The number of hydrogen-bond acceptors (Lipinski definition) is 3. The van der Waals surface area contributed by atoms with Crippen LogP contribution in [-0.4, -0.2) is 18.2 Å². The number of rotatable bonds is 3. The molecule has 0 saturated carbocycles. The summed E-state index contributed by atoms with van der Waals surface area (Å²) in [6, 6.07) is 4.30. The number of halogens is 1. The molecule has 0 radical (unpaired) electrons. The van der Waals surface area contributed by atoms with Gasteiger partial charge in [-0.2, -0.15) is 0 Å². The van der Waals surface area contributed by atoms with Crippen LogP contribution in [-0.2, 0) is 0 Å². The number of benzene rings is 1. The molecule has 2 rings (SSSR count). The molecular weight excluding hydrogens is 221 g/mol. The third-order valence-corrected chi connectivity index (χ3v) is 3.13. The second-order valence-corrected chi connectivity index (χ2v) is 4.85. The molecule has 4 heteroatoms. The molecule has 94 valence electrons. The Kier molecular flexibility index (Phi) is 3.24. The zero-order chi connectivity index (χ0) is 12.5. The Balaban J connectivity index is 2.08. The van der Waals surface area contributed by atoms with Gasteiger partial charge in [-0.25, -0.2) is 4.39 Å². The lowest BCUT2D eigenvalue weighted by Crippen LogP contribution is -2.43. The smallest absolute Gasteiger partial charge is 0.164 e. The molecule has 0 saturated heterocycles. The van der Waals surface area contributed by atoms with Crippen LogP contribution in [0.5, 0.6) is 11.5 Å². The molecule has 1 aromatic carbocycles. The summed E-state index contributed by atoms with van der Waals surface area (Å²) in [6.07, 6.45) is 1.45. The summed E-state index contributed by atoms with van der Waals surface area (Å²) in [4.78, 5) is 0. The average Bonchev–Trinajstić information content (AvgIpc) is 2.28. The fraction of sp³-hybridized carbons (Fsp3) is 0.538. The van der Waals surface area contributed by atoms with E-state index in [0.29, 0.717) is 24.5 Å². The molecule has 0 aromatic heterocycles. The molecule has 2 atom stereocenters. The highest BCUT2D eigenvalue weighted by molar-refractivity contribution is 5.41. The maximum absolute atomic E-state index is 13.1. The first-order chi connectivity index (χ1) is 8.00. The van der Waals surface area contributed by atoms with Crippen molar-refractivity contribution in [2.45, 2.75) is 38.3 Å². The van der Waals surface area contributed by atoms with E-state index in [0.717, 1.165) is 6.42 Å². The van der Waals surface area contributed by atoms with Gasteiger partial charge in [-0.15, -0.1) is 0 Å². The van der Waals surface area contributed by atoms with E-state index in [2.05, 4.69) is 0 Å². The molecule has 0 bridgehead atoms. The van der Waals surface area contributed by atoms with Gasteiger partial charge in [0, 0.05) is 18.0 Å². The van der Waals surface area contributed by atoms with E-state index in [-0.39, 0.29) is 17.5 Å². The highest BCUT2D eigenvalue weighted by Crippen LogP contribution is 2.33. The fourth-order valence-corrected chi connectivity index (χ4v) is 1.85. The second-order valence-electron chi connectivity index (χ2n) is 4.85. The van der Waals surface area contributed by atoms with Crippen LogP contribution in [0.1, 0.15) is 26.7 Å². The SMILES string of the molecule is CCC(C)(N)CC1COc2ccc(F)cc2O1. The third-order valence-electron chi connectivity index (χ3n) is 3.13. The number of fused-ring (bicyclic) bond motifs is 1. The molecule has 1 aliphatic heterocycles. The summed E-state index contributed by atoms with van der Waals surface area (Å²) >= 11 is 0. The van der Waals surface area contributed by atoms with Gasteiger partial charge in [-0.1, -0.05) is 6.92 Å². The standard InChI is InChI=1S/C13H18FNO2/c1-3-13(2,15)7-10-8-16-11-5-4-9(14)6-12(11)17-10/h4-6,10H,3,7-8,15H2,1-2H3. The zero-order valence-electron chi connectivity index (χ0n) is 10.2. The highest BCUT2D eigenvalue weighted by Gasteiger charge is 2.28. The van der Waals surface area contributed by atoms with E-state index < -0.39 is 0 Å². The predicted octanol–water partition coefficient (Wildman–Crippen LogP) is 2.48. The summed E-state index contributed by atoms with van der Waals surface area (Å²) in [5, 5.41) is 0. The van der Waals surface area contributed by atoms with Crippen LogP contribution in [0.15, 0.2) is 18.2 Å². The van der Waals surface area contributed by atoms with Crippen LogP contribution in [0.4, 0.5) is 4.39 Å². The minimum atomic E-state index is -0.320. The van der Waals surface area contributed by atoms with Crippen molar-refractivity contribution in [1.29, 1.82) is 0 Å². The number of nitrogens with two attached hydrogens (primary N) is 1. The van der Waals surface area contributed by atoms with Gasteiger partial charge in [-0.3, -0.25) is 0 Å². The number of hydrogen-bond donors (Lipinski definition) is 1. The van der Waals surface area contributed by atoms with E-state index in [1.807, 2.05) is 13.8 Å². The lowest BCUT2D eigenvalue weighted by molar-refractivity contribution is 0.0679. The van der Waals surface area contributed by atoms with Crippen LogP contribution in [0.3, 0.4) is 0 Å². The maximum Gasteiger partial charge on any atom is 0.164 e. The third kappa shape index (κ3) is 2.88. The van der Waals surface area contributed by atoms with E-state index in [9.17, 15) is 4.39 Å². The predicted molar refractivity (Wildman–Crippen MR) is 63.8 cm³/mol. The highest BCUT2D eigenvalue weighted by atomic mass is 19.1. The maximum atomic E-state index is 13.1. The molecule has 1 aliphatic rings. The second kappa shape index (κ2) is 4.53. The lowest BCUT2D eigenvalue weighted by Gasteiger charge is -2.32. The van der Waals surface area contributed by atoms with Gasteiger partial charge in [0.1, 0.15) is 18.5 Å². The number of ether oxygens (including phenoxy) is 2. The van der Waals surface area contributed by atoms with Gasteiger partial charge in [-0.05, 0) is 25.5 Å². The molecule has 0 amide bonds. The van der Waals surface area contributed by atoms with Crippen LogP contribution in [0, 0.1) is 5.82 Å². The molecule has 0 spiro atoms.